The van der Waals surface area contributed by atoms with Gasteiger partial charge in [-0.05, 0) is 37.6 Å². The van der Waals surface area contributed by atoms with Crippen LogP contribution in [0.2, 0.25) is 0 Å². The number of hydrogen-bond acceptors (Lipinski definition) is 6. The average Bonchev–Trinajstić information content (AvgIpc) is 3.26. The van der Waals surface area contributed by atoms with Crippen molar-refractivity contribution in [2.45, 2.75) is 29.8 Å². The summed E-state index contributed by atoms with van der Waals surface area (Å²) in [5, 5.41) is 14.9. The highest BCUT2D eigenvalue weighted by molar-refractivity contribution is 7.89. The Hall–Kier alpha value is -2.15. The summed E-state index contributed by atoms with van der Waals surface area (Å²) in [6.45, 7) is 2.50. The van der Waals surface area contributed by atoms with Gasteiger partial charge in [0.25, 0.3) is 5.91 Å². The van der Waals surface area contributed by atoms with E-state index < -0.39 is 10.0 Å². The number of rotatable bonds is 5. The summed E-state index contributed by atoms with van der Waals surface area (Å²) in [6, 6.07) is 5.79. The number of benzene rings is 1. The Morgan fingerprint density at radius 1 is 1.32 bits per heavy atom. The second-order valence-electron chi connectivity index (χ2n) is 6.34. The standard InChI is InChI=1S/C16H21N5O3S/c17-11-21-7-5-14(10-21)20-25(23,24)15-3-1-2-12(8-15)16(22)19-13-4-6-18-9-13/h1-3,8,13-14,18,20H,4-7,9-10H2,(H,19,22)/t13-,14-/m1/s1. The molecule has 0 radical (unpaired) electrons. The van der Waals surface area contributed by atoms with Gasteiger partial charge in [-0.3, -0.25) is 4.79 Å². The topological polar surface area (TPSA) is 114 Å². The number of sulfonamides is 1. The number of nitrogens with one attached hydrogen (secondary N) is 3. The van der Waals surface area contributed by atoms with Crippen molar-refractivity contribution in [1.29, 1.82) is 5.26 Å². The largest absolute Gasteiger partial charge is 0.348 e. The van der Waals surface area contributed by atoms with Crippen molar-refractivity contribution < 1.29 is 13.2 Å². The molecule has 0 aromatic heterocycles. The zero-order chi connectivity index (χ0) is 17.9. The van der Waals surface area contributed by atoms with E-state index in [1.54, 1.807) is 12.1 Å². The van der Waals surface area contributed by atoms with Crippen LogP contribution in [-0.2, 0) is 10.0 Å². The quantitative estimate of drug-likeness (QED) is 0.614. The van der Waals surface area contributed by atoms with Gasteiger partial charge < -0.3 is 15.5 Å². The third-order valence-corrected chi connectivity index (χ3v) is 5.97. The number of nitriles is 1. The van der Waals surface area contributed by atoms with Gasteiger partial charge in [0.15, 0.2) is 6.19 Å². The molecule has 0 aliphatic carbocycles. The zero-order valence-electron chi connectivity index (χ0n) is 13.7. The lowest BCUT2D eigenvalue weighted by molar-refractivity contribution is 0.0940. The summed E-state index contributed by atoms with van der Waals surface area (Å²) in [4.78, 5) is 13.9. The molecule has 0 bridgehead atoms. The van der Waals surface area contributed by atoms with E-state index in [1.807, 2.05) is 6.19 Å². The molecule has 0 unspecified atom stereocenters. The van der Waals surface area contributed by atoms with Crippen LogP contribution in [0.4, 0.5) is 0 Å². The van der Waals surface area contributed by atoms with Crippen molar-refractivity contribution in [2.75, 3.05) is 26.2 Å². The van der Waals surface area contributed by atoms with Gasteiger partial charge in [-0.15, -0.1) is 0 Å². The van der Waals surface area contributed by atoms with E-state index in [1.165, 1.54) is 17.0 Å². The predicted octanol–water partition coefficient (Wildman–Crippen LogP) is -0.388. The van der Waals surface area contributed by atoms with Crippen molar-refractivity contribution in [2.24, 2.45) is 0 Å². The van der Waals surface area contributed by atoms with Crippen molar-refractivity contribution in [3.8, 4) is 6.19 Å². The van der Waals surface area contributed by atoms with Crippen molar-refractivity contribution in [3.05, 3.63) is 29.8 Å². The Kier molecular flexibility index (Phi) is 5.22. The third kappa shape index (κ3) is 4.28. The third-order valence-electron chi connectivity index (χ3n) is 4.45. The smallest absolute Gasteiger partial charge is 0.251 e. The summed E-state index contributed by atoms with van der Waals surface area (Å²) in [6.07, 6.45) is 3.47. The normalized spacial score (nSPS) is 23.4. The highest BCUT2D eigenvalue weighted by atomic mass is 32.2. The minimum atomic E-state index is -3.74. The molecule has 0 saturated carbocycles. The van der Waals surface area contributed by atoms with Gasteiger partial charge in [-0.25, -0.2) is 13.1 Å². The molecule has 9 heteroatoms. The van der Waals surface area contributed by atoms with Crippen molar-refractivity contribution in [1.82, 2.24) is 20.3 Å². The first-order chi connectivity index (χ1) is 12.0. The van der Waals surface area contributed by atoms with Crippen LogP contribution >= 0.6 is 0 Å². The van der Waals surface area contributed by atoms with Crippen LogP contribution in [0.15, 0.2) is 29.2 Å². The van der Waals surface area contributed by atoms with E-state index in [9.17, 15) is 13.2 Å². The molecule has 2 fully saturated rings. The Morgan fingerprint density at radius 3 is 2.84 bits per heavy atom. The fraction of sp³-hybridized carbons (Fsp3) is 0.500. The van der Waals surface area contributed by atoms with Crippen LogP contribution < -0.4 is 15.4 Å². The molecule has 2 aliphatic heterocycles. The molecule has 2 atom stereocenters. The SMILES string of the molecule is N#CN1CC[C@@H](NS(=O)(=O)c2cccc(C(=O)N[C@@H]3CCNC3)c2)C1. The minimum Gasteiger partial charge on any atom is -0.348 e. The van der Waals surface area contributed by atoms with Gasteiger partial charge in [0.05, 0.1) is 4.90 Å². The Bertz CT molecular complexity index is 783. The number of carbonyl (C=O) groups is 1. The highest BCUT2D eigenvalue weighted by Crippen LogP contribution is 2.15. The van der Waals surface area contributed by atoms with Gasteiger partial charge >= 0.3 is 0 Å². The van der Waals surface area contributed by atoms with E-state index in [0.29, 0.717) is 25.1 Å². The molecule has 2 saturated heterocycles. The maximum atomic E-state index is 12.5. The molecule has 2 aliphatic rings. The number of carbonyl (C=O) groups excluding carboxylic acids is 1. The lowest BCUT2D eigenvalue weighted by Crippen LogP contribution is -2.37. The van der Waals surface area contributed by atoms with Gasteiger partial charge in [0, 0.05) is 37.3 Å². The van der Waals surface area contributed by atoms with E-state index >= 15 is 0 Å². The zero-order valence-corrected chi connectivity index (χ0v) is 14.6. The summed E-state index contributed by atoms with van der Waals surface area (Å²) in [5.74, 6) is -0.276. The summed E-state index contributed by atoms with van der Waals surface area (Å²) >= 11 is 0. The maximum Gasteiger partial charge on any atom is 0.251 e. The van der Waals surface area contributed by atoms with Crippen LogP contribution in [0, 0.1) is 11.5 Å². The van der Waals surface area contributed by atoms with E-state index in [-0.39, 0.29) is 22.9 Å². The molecule has 3 rings (SSSR count). The second kappa shape index (κ2) is 7.39. The molecule has 134 valence electrons. The number of amides is 1. The Labute approximate surface area is 147 Å². The van der Waals surface area contributed by atoms with Crippen LogP contribution in [0.1, 0.15) is 23.2 Å². The summed E-state index contributed by atoms with van der Waals surface area (Å²) in [5.41, 5.74) is 0.319. The Morgan fingerprint density at radius 2 is 2.16 bits per heavy atom. The lowest BCUT2D eigenvalue weighted by Gasteiger charge is -2.14. The van der Waals surface area contributed by atoms with Gasteiger partial charge in [-0.1, -0.05) is 6.07 Å². The maximum absolute atomic E-state index is 12.5. The second-order valence-corrected chi connectivity index (χ2v) is 8.06. The van der Waals surface area contributed by atoms with Crippen LogP contribution in [0.3, 0.4) is 0 Å². The molecule has 1 aromatic carbocycles. The molecule has 8 nitrogen and oxygen atoms in total. The first-order valence-corrected chi connectivity index (χ1v) is 9.75. The van der Waals surface area contributed by atoms with Crippen LogP contribution in [-0.4, -0.2) is 57.5 Å². The molecule has 1 amide bonds. The van der Waals surface area contributed by atoms with E-state index in [0.717, 1.165) is 19.5 Å². The molecular formula is C16H21N5O3S. The first-order valence-electron chi connectivity index (χ1n) is 8.26. The summed E-state index contributed by atoms with van der Waals surface area (Å²) < 4.78 is 27.7. The van der Waals surface area contributed by atoms with E-state index in [4.69, 9.17) is 5.26 Å². The molecular weight excluding hydrogens is 342 g/mol. The van der Waals surface area contributed by atoms with Crippen molar-refractivity contribution in [3.63, 3.8) is 0 Å². The van der Waals surface area contributed by atoms with Gasteiger partial charge in [0.2, 0.25) is 10.0 Å². The van der Waals surface area contributed by atoms with Crippen molar-refractivity contribution >= 4 is 15.9 Å². The van der Waals surface area contributed by atoms with Gasteiger partial charge in [0.1, 0.15) is 0 Å². The number of likely N-dealkylation sites (tertiary alicyclic amines) is 1. The number of nitrogens with zero attached hydrogens (tertiary/aromatic N) is 2. The molecule has 3 N–H and O–H groups in total. The first kappa shape index (κ1) is 17.7. The van der Waals surface area contributed by atoms with E-state index in [2.05, 4.69) is 15.4 Å². The number of hydrogen-bond donors (Lipinski definition) is 3. The molecule has 2 heterocycles. The highest BCUT2D eigenvalue weighted by Gasteiger charge is 2.27. The molecule has 25 heavy (non-hydrogen) atoms. The minimum absolute atomic E-state index is 0.0557. The fourth-order valence-electron chi connectivity index (χ4n) is 3.09. The predicted molar refractivity (Wildman–Crippen MR) is 91.1 cm³/mol. The van der Waals surface area contributed by atoms with Crippen LogP contribution in [0.5, 0.6) is 0 Å². The van der Waals surface area contributed by atoms with Crippen LogP contribution in [0.25, 0.3) is 0 Å². The molecule has 0 spiro atoms. The lowest BCUT2D eigenvalue weighted by atomic mass is 10.2. The monoisotopic (exact) mass is 363 g/mol. The fourth-order valence-corrected chi connectivity index (χ4v) is 4.39. The van der Waals surface area contributed by atoms with Gasteiger partial charge in [-0.2, -0.15) is 5.26 Å². The molecule has 1 aromatic rings. The average molecular weight is 363 g/mol. The summed E-state index contributed by atoms with van der Waals surface area (Å²) in [7, 11) is -3.74. The Balaban J connectivity index is 1.69.